The van der Waals surface area contributed by atoms with Gasteiger partial charge in [-0.15, -0.1) is 0 Å². The van der Waals surface area contributed by atoms with Crippen molar-refractivity contribution in [3.05, 3.63) is 59.7 Å². The Morgan fingerprint density at radius 2 is 1.81 bits per heavy atom. The zero-order valence-corrected chi connectivity index (χ0v) is 18.2. The van der Waals surface area contributed by atoms with Crippen molar-refractivity contribution in [1.82, 2.24) is 10.2 Å². The SMILES string of the molecule is COc1cc(CNC[C@@]2(O)CCN(C(=O)CCc3ccccc3)C[C@@H]2O)cc(OC)c1. The Morgan fingerprint density at radius 3 is 2.42 bits per heavy atom. The number of aliphatic hydroxyl groups excluding tert-OH is 1. The van der Waals surface area contributed by atoms with E-state index in [1.54, 1.807) is 25.2 Å². The Bertz CT molecular complexity index is 838. The molecule has 168 valence electrons. The van der Waals surface area contributed by atoms with E-state index in [2.05, 4.69) is 5.32 Å². The number of rotatable bonds is 9. The first-order valence-electron chi connectivity index (χ1n) is 10.6. The van der Waals surface area contributed by atoms with E-state index >= 15 is 0 Å². The lowest BCUT2D eigenvalue weighted by Crippen LogP contribution is -2.60. The Labute approximate surface area is 183 Å². The maximum atomic E-state index is 12.5. The topological polar surface area (TPSA) is 91.3 Å². The van der Waals surface area contributed by atoms with Crippen LogP contribution in [0.2, 0.25) is 0 Å². The van der Waals surface area contributed by atoms with Crippen LogP contribution in [0.25, 0.3) is 0 Å². The molecule has 3 N–H and O–H groups in total. The van der Waals surface area contributed by atoms with Crippen LogP contribution in [0.1, 0.15) is 24.0 Å². The fraction of sp³-hybridized carbons (Fsp3) is 0.458. The van der Waals surface area contributed by atoms with E-state index in [1.165, 1.54) is 0 Å². The summed E-state index contributed by atoms with van der Waals surface area (Å²) in [6.07, 6.45) is 0.376. The average molecular weight is 429 g/mol. The maximum absolute atomic E-state index is 12.5. The summed E-state index contributed by atoms with van der Waals surface area (Å²) in [7, 11) is 3.19. The van der Waals surface area contributed by atoms with Crippen LogP contribution in [0, 0.1) is 0 Å². The van der Waals surface area contributed by atoms with Gasteiger partial charge in [0.1, 0.15) is 23.2 Å². The van der Waals surface area contributed by atoms with Gasteiger partial charge in [0.25, 0.3) is 0 Å². The van der Waals surface area contributed by atoms with Gasteiger partial charge in [0.15, 0.2) is 0 Å². The minimum Gasteiger partial charge on any atom is -0.497 e. The van der Waals surface area contributed by atoms with Crippen LogP contribution >= 0.6 is 0 Å². The highest BCUT2D eigenvalue weighted by Crippen LogP contribution is 2.25. The molecule has 7 nitrogen and oxygen atoms in total. The monoisotopic (exact) mass is 428 g/mol. The zero-order chi connectivity index (χ0) is 22.3. The van der Waals surface area contributed by atoms with E-state index in [0.29, 0.717) is 43.9 Å². The molecule has 1 saturated heterocycles. The van der Waals surface area contributed by atoms with E-state index in [0.717, 1.165) is 11.1 Å². The second-order valence-electron chi connectivity index (χ2n) is 8.02. The lowest BCUT2D eigenvalue weighted by Gasteiger charge is -2.42. The van der Waals surface area contributed by atoms with Crippen LogP contribution in [-0.4, -0.2) is 66.6 Å². The Kier molecular flexibility index (Phi) is 7.90. The molecule has 2 aromatic carbocycles. The molecule has 7 heteroatoms. The highest BCUT2D eigenvalue weighted by atomic mass is 16.5. The third kappa shape index (κ3) is 6.19. The summed E-state index contributed by atoms with van der Waals surface area (Å²) in [5, 5.41) is 24.7. The molecular weight excluding hydrogens is 396 g/mol. The fourth-order valence-corrected chi connectivity index (χ4v) is 3.84. The number of nitrogens with zero attached hydrogens (tertiary/aromatic N) is 1. The summed E-state index contributed by atoms with van der Waals surface area (Å²) < 4.78 is 10.6. The van der Waals surface area contributed by atoms with Crippen LogP contribution < -0.4 is 14.8 Å². The van der Waals surface area contributed by atoms with Gasteiger partial charge in [-0.3, -0.25) is 4.79 Å². The number of likely N-dealkylation sites (tertiary alicyclic amines) is 1. The minimum absolute atomic E-state index is 0.00129. The van der Waals surface area contributed by atoms with Crippen molar-refractivity contribution in [2.75, 3.05) is 33.9 Å². The number of hydrogen-bond acceptors (Lipinski definition) is 6. The maximum Gasteiger partial charge on any atom is 0.222 e. The number of carbonyl (C=O) groups excluding carboxylic acids is 1. The van der Waals surface area contributed by atoms with Crippen LogP contribution in [0.3, 0.4) is 0 Å². The highest BCUT2D eigenvalue weighted by molar-refractivity contribution is 5.76. The van der Waals surface area contributed by atoms with Crippen molar-refractivity contribution in [1.29, 1.82) is 0 Å². The zero-order valence-electron chi connectivity index (χ0n) is 18.2. The van der Waals surface area contributed by atoms with Crippen molar-refractivity contribution in [3.63, 3.8) is 0 Å². The Hall–Kier alpha value is -2.61. The Morgan fingerprint density at radius 1 is 1.13 bits per heavy atom. The van der Waals surface area contributed by atoms with E-state index in [1.807, 2.05) is 42.5 Å². The van der Waals surface area contributed by atoms with E-state index in [-0.39, 0.29) is 19.0 Å². The summed E-state index contributed by atoms with van der Waals surface area (Å²) >= 11 is 0. The Balaban J connectivity index is 1.48. The highest BCUT2D eigenvalue weighted by Gasteiger charge is 2.41. The number of carbonyl (C=O) groups is 1. The quantitative estimate of drug-likeness (QED) is 0.564. The van der Waals surface area contributed by atoms with E-state index in [9.17, 15) is 15.0 Å². The first-order chi connectivity index (χ1) is 14.9. The number of piperidine rings is 1. The van der Waals surface area contributed by atoms with Gasteiger partial charge in [-0.2, -0.15) is 0 Å². The molecule has 31 heavy (non-hydrogen) atoms. The molecule has 0 spiro atoms. The van der Waals surface area contributed by atoms with Gasteiger partial charge in [0.2, 0.25) is 5.91 Å². The van der Waals surface area contributed by atoms with Crippen molar-refractivity contribution in [2.45, 2.75) is 37.5 Å². The number of amides is 1. The molecule has 0 unspecified atom stereocenters. The lowest BCUT2D eigenvalue weighted by molar-refractivity contribution is -0.148. The number of nitrogens with one attached hydrogen (secondary N) is 1. The number of ether oxygens (including phenoxy) is 2. The molecule has 0 aromatic heterocycles. The minimum atomic E-state index is -1.28. The molecule has 0 aliphatic carbocycles. The molecule has 0 bridgehead atoms. The third-order valence-electron chi connectivity index (χ3n) is 5.82. The number of hydrogen-bond donors (Lipinski definition) is 3. The van der Waals surface area contributed by atoms with Gasteiger partial charge >= 0.3 is 0 Å². The molecule has 2 atom stereocenters. The van der Waals surface area contributed by atoms with Crippen LogP contribution in [0.4, 0.5) is 0 Å². The molecule has 1 aliphatic rings. The standard InChI is InChI=1S/C24H32N2O5/c1-30-20-12-19(13-21(14-20)31-2)15-25-17-24(29)10-11-26(16-22(24)27)23(28)9-8-18-6-4-3-5-7-18/h3-7,12-14,22,25,27,29H,8-11,15-17H2,1-2H3/t22-,24-/m0/s1. The molecule has 1 heterocycles. The van der Waals surface area contributed by atoms with Gasteiger partial charge in [0.05, 0.1) is 14.2 Å². The van der Waals surface area contributed by atoms with Gasteiger partial charge in [-0.25, -0.2) is 0 Å². The summed E-state index contributed by atoms with van der Waals surface area (Å²) in [6, 6.07) is 15.4. The first-order valence-corrected chi connectivity index (χ1v) is 10.6. The van der Waals surface area contributed by atoms with Crippen LogP contribution in [-0.2, 0) is 17.8 Å². The molecular formula is C24H32N2O5. The second-order valence-corrected chi connectivity index (χ2v) is 8.02. The van der Waals surface area contributed by atoms with Crippen LogP contribution in [0.5, 0.6) is 11.5 Å². The normalized spacial score (nSPS) is 21.0. The van der Waals surface area contributed by atoms with Gasteiger partial charge < -0.3 is 29.9 Å². The molecule has 0 saturated carbocycles. The van der Waals surface area contributed by atoms with Crippen LogP contribution in [0.15, 0.2) is 48.5 Å². The number of aryl methyl sites for hydroxylation is 1. The fourth-order valence-electron chi connectivity index (χ4n) is 3.84. The molecule has 2 aromatic rings. The largest absolute Gasteiger partial charge is 0.497 e. The van der Waals surface area contributed by atoms with E-state index in [4.69, 9.17) is 9.47 Å². The number of aliphatic hydroxyl groups is 2. The second kappa shape index (κ2) is 10.6. The van der Waals surface area contributed by atoms with Crippen molar-refractivity contribution in [3.8, 4) is 11.5 Å². The molecule has 0 radical (unpaired) electrons. The van der Waals surface area contributed by atoms with Crippen molar-refractivity contribution >= 4 is 5.91 Å². The first kappa shape index (κ1) is 23.1. The van der Waals surface area contributed by atoms with Gasteiger partial charge in [-0.1, -0.05) is 30.3 Å². The van der Waals surface area contributed by atoms with Crippen molar-refractivity contribution < 1.29 is 24.5 Å². The summed E-state index contributed by atoms with van der Waals surface area (Å²) in [5.41, 5.74) is 0.783. The predicted octanol–water partition coefficient (Wildman–Crippen LogP) is 1.75. The average Bonchev–Trinajstić information content (AvgIpc) is 2.79. The number of methoxy groups -OCH3 is 2. The summed E-state index contributed by atoms with van der Waals surface area (Å²) in [4.78, 5) is 14.2. The lowest BCUT2D eigenvalue weighted by atomic mass is 9.88. The molecule has 3 rings (SSSR count). The molecule has 1 aliphatic heterocycles. The van der Waals surface area contributed by atoms with E-state index < -0.39 is 11.7 Å². The summed E-state index contributed by atoms with van der Waals surface area (Å²) in [6.45, 7) is 1.27. The third-order valence-corrected chi connectivity index (χ3v) is 5.82. The number of benzene rings is 2. The smallest absolute Gasteiger partial charge is 0.222 e. The van der Waals surface area contributed by atoms with Crippen molar-refractivity contribution in [2.24, 2.45) is 0 Å². The molecule has 1 fully saturated rings. The number of β-amino-alcohol motifs (C(OH)–C–C–N with tert-alkyl or cyclic N) is 1. The van der Waals surface area contributed by atoms with Gasteiger partial charge in [0, 0.05) is 38.7 Å². The molecule has 1 amide bonds. The van der Waals surface area contributed by atoms with Gasteiger partial charge in [-0.05, 0) is 36.1 Å². The predicted molar refractivity (Wildman–Crippen MR) is 118 cm³/mol. The summed E-state index contributed by atoms with van der Waals surface area (Å²) in [5.74, 6) is 1.39.